The number of para-hydroxylation sites is 1. The van der Waals surface area contributed by atoms with Crippen LogP contribution in [0.4, 0.5) is 28.9 Å². The molecule has 1 aromatic carbocycles. The van der Waals surface area contributed by atoms with Gasteiger partial charge in [0.05, 0.1) is 16.8 Å². The molecule has 1 aliphatic heterocycles. The second-order valence-electron chi connectivity index (χ2n) is 8.49. The maximum atomic E-state index is 13.4. The minimum Gasteiger partial charge on any atom is -0.465 e. The molecule has 3 heterocycles. The fraction of sp³-hybridized carbons (Fsp3) is 0.429. The third kappa shape index (κ3) is 5.92. The highest BCUT2D eigenvalue weighted by Gasteiger charge is 2.34. The predicted molar refractivity (Wildman–Crippen MR) is 131 cm³/mol. The average Bonchev–Trinajstić information content (AvgIpc) is 3.18. The van der Waals surface area contributed by atoms with Crippen LogP contribution in [0.5, 0.6) is 0 Å². The number of hydrogen-bond donors (Lipinski definition) is 3. The van der Waals surface area contributed by atoms with Crippen LogP contribution in [-0.4, -0.2) is 82.5 Å². The molecule has 37 heavy (non-hydrogen) atoms. The van der Waals surface area contributed by atoms with Gasteiger partial charge in [0.15, 0.2) is 9.34 Å². The van der Waals surface area contributed by atoms with Gasteiger partial charge >= 0.3 is 12.3 Å². The van der Waals surface area contributed by atoms with Gasteiger partial charge in [-0.25, -0.2) is 28.2 Å². The number of nitrogens with zero attached hydrogens (tertiary/aromatic N) is 5. The summed E-state index contributed by atoms with van der Waals surface area (Å²) < 4.78 is 67.6. The van der Waals surface area contributed by atoms with E-state index in [0.29, 0.717) is 19.6 Å². The van der Waals surface area contributed by atoms with E-state index < -0.39 is 27.9 Å². The molecule has 3 N–H and O–H groups in total. The summed E-state index contributed by atoms with van der Waals surface area (Å²) in [7, 11) is -3.84. The first-order valence-corrected chi connectivity index (χ1v) is 13.4. The molecular weight excluding hydrogens is 535 g/mol. The number of alkyl halides is 3. The monoisotopic (exact) mass is 559 g/mol. The molecule has 0 bridgehead atoms. The molecule has 11 nitrogen and oxygen atoms in total. The number of sulfonamides is 1. The molecular formula is C21H24F3N7O4S2. The number of amides is 1. The smallest absolute Gasteiger partial charge is 0.418 e. The van der Waals surface area contributed by atoms with E-state index in [0.717, 1.165) is 23.7 Å². The van der Waals surface area contributed by atoms with E-state index in [1.54, 1.807) is 0 Å². The van der Waals surface area contributed by atoms with Crippen molar-refractivity contribution < 1.29 is 31.5 Å². The largest absolute Gasteiger partial charge is 0.465 e. The Morgan fingerprint density at radius 3 is 2.57 bits per heavy atom. The summed E-state index contributed by atoms with van der Waals surface area (Å²) in [6.07, 6.45) is -4.78. The molecule has 3 aromatic rings. The number of halogens is 3. The van der Waals surface area contributed by atoms with Crippen molar-refractivity contribution in [1.29, 1.82) is 0 Å². The Kier molecular flexibility index (Phi) is 7.55. The lowest BCUT2D eigenvalue weighted by atomic mass is 10.1. The van der Waals surface area contributed by atoms with Crippen LogP contribution >= 0.6 is 11.3 Å². The Balaban J connectivity index is 1.39. The van der Waals surface area contributed by atoms with Crippen molar-refractivity contribution in [2.45, 2.75) is 30.3 Å². The molecule has 0 saturated carbocycles. The molecule has 2 aromatic heterocycles. The van der Waals surface area contributed by atoms with Crippen molar-refractivity contribution >= 4 is 49.3 Å². The highest BCUT2D eigenvalue weighted by molar-refractivity contribution is 7.91. The first-order chi connectivity index (χ1) is 17.4. The number of anilines is 2. The quantitative estimate of drug-likeness (QED) is 0.398. The zero-order chi connectivity index (χ0) is 27.0. The number of fused-ring (bicyclic) bond motifs is 1. The summed E-state index contributed by atoms with van der Waals surface area (Å²) in [5, 5.41) is 14.3. The van der Waals surface area contributed by atoms with Crippen LogP contribution in [0.3, 0.4) is 0 Å². The third-order valence-corrected chi connectivity index (χ3v) is 9.32. The van der Waals surface area contributed by atoms with Gasteiger partial charge in [0, 0.05) is 44.2 Å². The summed E-state index contributed by atoms with van der Waals surface area (Å²) in [5.74, 6) is 0.288. The lowest BCUT2D eigenvalue weighted by Gasteiger charge is -2.35. The van der Waals surface area contributed by atoms with Gasteiger partial charge in [-0.2, -0.15) is 17.5 Å². The first-order valence-electron chi connectivity index (χ1n) is 11.1. The van der Waals surface area contributed by atoms with Gasteiger partial charge in [0.25, 0.3) is 10.0 Å². The van der Waals surface area contributed by atoms with Crippen LogP contribution in [0.2, 0.25) is 0 Å². The zero-order valence-electron chi connectivity index (χ0n) is 19.8. The molecule has 200 valence electrons. The normalized spacial score (nSPS) is 16.6. The van der Waals surface area contributed by atoms with E-state index in [2.05, 4.69) is 25.6 Å². The minimum absolute atomic E-state index is 0.00593. The van der Waals surface area contributed by atoms with Gasteiger partial charge in [-0.3, -0.25) is 10.2 Å². The minimum atomic E-state index is -4.54. The Bertz CT molecular complexity index is 1410. The number of hydrogen-bond acceptors (Lipinski definition) is 9. The van der Waals surface area contributed by atoms with Crippen molar-refractivity contribution in [2.24, 2.45) is 0 Å². The highest BCUT2D eigenvalue weighted by Crippen LogP contribution is 2.35. The fourth-order valence-corrected chi connectivity index (χ4v) is 7.10. The number of carboxylic acid groups (broad SMARTS) is 1. The van der Waals surface area contributed by atoms with Crippen molar-refractivity contribution in [3.05, 3.63) is 35.8 Å². The highest BCUT2D eigenvalue weighted by atomic mass is 32.2. The van der Waals surface area contributed by atoms with E-state index >= 15 is 0 Å². The molecule has 1 atom stereocenters. The lowest BCUT2D eigenvalue weighted by molar-refractivity contribution is -0.136. The molecule has 1 amide bonds. The standard InChI is InChI=1S/C21H24F3N7O4S2/c1-12(27-17-14-4-3-5-15(21(22,23)24)16(14)25-11-26-17)10-30-6-8-31(9-7-30)37(34,35)18-13(2)28-19(36-18)29-20(32)33/h3-5,11-12H,6-10H2,1-2H3,(H,28,29)(H,32,33)(H,25,26,27)/t12-/m0/s1. The van der Waals surface area contributed by atoms with Crippen molar-refractivity contribution in [3.8, 4) is 0 Å². The summed E-state index contributed by atoms with van der Waals surface area (Å²) in [6.45, 7) is 5.19. The first kappa shape index (κ1) is 27.0. The Morgan fingerprint density at radius 2 is 1.92 bits per heavy atom. The average molecular weight is 560 g/mol. The van der Waals surface area contributed by atoms with Crippen LogP contribution in [0, 0.1) is 6.92 Å². The van der Waals surface area contributed by atoms with Crippen LogP contribution in [0.25, 0.3) is 10.9 Å². The maximum Gasteiger partial charge on any atom is 0.418 e. The van der Waals surface area contributed by atoms with Gasteiger partial charge in [0.2, 0.25) is 0 Å². The van der Waals surface area contributed by atoms with Crippen LogP contribution in [0.15, 0.2) is 28.7 Å². The third-order valence-electron chi connectivity index (χ3n) is 5.76. The van der Waals surface area contributed by atoms with E-state index in [4.69, 9.17) is 5.11 Å². The van der Waals surface area contributed by atoms with Gasteiger partial charge < -0.3 is 10.4 Å². The van der Waals surface area contributed by atoms with Crippen molar-refractivity contribution in [1.82, 2.24) is 24.2 Å². The molecule has 1 fully saturated rings. The molecule has 0 aliphatic carbocycles. The van der Waals surface area contributed by atoms with Gasteiger partial charge in [0.1, 0.15) is 12.1 Å². The second kappa shape index (κ2) is 10.4. The van der Waals surface area contributed by atoms with Gasteiger partial charge in [-0.1, -0.05) is 17.4 Å². The molecule has 1 saturated heterocycles. The van der Waals surface area contributed by atoms with Crippen molar-refractivity contribution in [3.63, 3.8) is 0 Å². The number of piperazine rings is 1. The lowest BCUT2D eigenvalue weighted by Crippen LogP contribution is -2.50. The van der Waals surface area contributed by atoms with Gasteiger partial charge in [-0.15, -0.1) is 0 Å². The van der Waals surface area contributed by atoms with Crippen molar-refractivity contribution in [2.75, 3.05) is 43.4 Å². The molecule has 1 aliphatic rings. The molecule has 0 radical (unpaired) electrons. The van der Waals surface area contributed by atoms with Crippen LogP contribution in [0.1, 0.15) is 18.2 Å². The summed E-state index contributed by atoms with van der Waals surface area (Å²) in [4.78, 5) is 24.8. The Labute approximate surface area is 214 Å². The number of nitrogens with one attached hydrogen (secondary N) is 2. The van der Waals surface area contributed by atoms with E-state index in [1.807, 2.05) is 11.8 Å². The number of carbonyl (C=O) groups is 1. The Morgan fingerprint density at radius 1 is 1.22 bits per heavy atom. The van der Waals surface area contributed by atoms with E-state index in [-0.39, 0.29) is 50.9 Å². The topological polar surface area (TPSA) is 141 Å². The number of aromatic nitrogens is 3. The number of rotatable bonds is 7. The van der Waals surface area contributed by atoms with Crippen LogP contribution in [-0.2, 0) is 16.2 Å². The molecule has 0 spiro atoms. The molecule has 16 heteroatoms. The van der Waals surface area contributed by atoms with Crippen LogP contribution < -0.4 is 10.6 Å². The fourth-order valence-electron chi connectivity index (χ4n) is 4.13. The van der Waals surface area contributed by atoms with Gasteiger partial charge in [-0.05, 0) is 26.0 Å². The second-order valence-corrected chi connectivity index (χ2v) is 11.6. The summed E-state index contributed by atoms with van der Waals surface area (Å²) in [6, 6.07) is 3.62. The molecule has 0 unspecified atom stereocenters. The zero-order valence-corrected chi connectivity index (χ0v) is 21.4. The SMILES string of the molecule is Cc1nc(NC(=O)O)sc1S(=O)(=O)N1CCN(C[C@H](C)Nc2ncnc3c(C(F)(F)F)cccc23)CC1. The molecule has 4 rings (SSSR count). The number of benzene rings is 1. The number of aryl methyl sites for hydroxylation is 1. The summed E-state index contributed by atoms with van der Waals surface area (Å²) >= 11 is 0.766. The Hall–Kier alpha value is -3.08. The summed E-state index contributed by atoms with van der Waals surface area (Å²) in [5.41, 5.74) is -0.791. The number of thiazole rings is 1. The maximum absolute atomic E-state index is 13.4. The van der Waals surface area contributed by atoms with E-state index in [9.17, 15) is 26.4 Å². The van der Waals surface area contributed by atoms with E-state index in [1.165, 1.54) is 23.4 Å². The predicted octanol–water partition coefficient (Wildman–Crippen LogP) is 3.31.